The molecule has 0 bridgehead atoms. The van der Waals surface area contributed by atoms with Crippen molar-refractivity contribution in [2.45, 2.75) is 32.0 Å². The summed E-state index contributed by atoms with van der Waals surface area (Å²) in [6.45, 7) is 6.17. The first-order valence-electron chi connectivity index (χ1n) is 5.13. The maximum absolute atomic E-state index is 5.88. The number of hydrogen-bond acceptors (Lipinski definition) is 1. The molecule has 0 spiro atoms. The average molecular weight is 188 g/mol. The van der Waals surface area contributed by atoms with Crippen molar-refractivity contribution < 1.29 is 4.74 Å². The highest BCUT2D eigenvalue weighted by atomic mass is 16.5. The lowest BCUT2D eigenvalue weighted by atomic mass is 9.95. The van der Waals surface area contributed by atoms with Crippen LogP contribution in [0.4, 0.5) is 0 Å². The molecule has 1 aromatic carbocycles. The van der Waals surface area contributed by atoms with E-state index in [1.54, 1.807) is 0 Å². The van der Waals surface area contributed by atoms with E-state index in [1.165, 1.54) is 11.1 Å². The number of rotatable bonds is 1. The zero-order valence-electron chi connectivity index (χ0n) is 8.57. The van der Waals surface area contributed by atoms with Gasteiger partial charge in [-0.25, -0.2) is 0 Å². The van der Waals surface area contributed by atoms with Gasteiger partial charge in [-0.2, -0.15) is 0 Å². The summed E-state index contributed by atoms with van der Waals surface area (Å²) in [4.78, 5) is 0. The maximum atomic E-state index is 5.88. The molecule has 0 amide bonds. The molecule has 1 aliphatic heterocycles. The van der Waals surface area contributed by atoms with Gasteiger partial charge in [0.15, 0.2) is 0 Å². The second-order valence-electron chi connectivity index (χ2n) is 4.00. The van der Waals surface area contributed by atoms with E-state index in [0.717, 1.165) is 12.8 Å². The maximum Gasteiger partial charge on any atom is 0.0865 e. The number of hydrogen-bond donors (Lipinski definition) is 0. The summed E-state index contributed by atoms with van der Waals surface area (Å²) in [6, 6.07) is 10.4. The molecule has 1 heteroatoms. The Morgan fingerprint density at radius 3 is 2.57 bits per heavy atom. The molecule has 0 aliphatic carbocycles. The van der Waals surface area contributed by atoms with Crippen LogP contribution in [0.3, 0.4) is 0 Å². The zero-order valence-corrected chi connectivity index (χ0v) is 8.57. The summed E-state index contributed by atoms with van der Waals surface area (Å²) in [5.74, 6) is 0. The van der Waals surface area contributed by atoms with Crippen molar-refractivity contribution in [3.05, 3.63) is 48.0 Å². The van der Waals surface area contributed by atoms with Crippen LogP contribution in [0.25, 0.3) is 0 Å². The van der Waals surface area contributed by atoms with Gasteiger partial charge in [0, 0.05) is 0 Å². The van der Waals surface area contributed by atoms with Crippen LogP contribution in [0.15, 0.2) is 42.5 Å². The van der Waals surface area contributed by atoms with Crippen LogP contribution < -0.4 is 0 Å². The van der Waals surface area contributed by atoms with Crippen LogP contribution in [0, 0.1) is 0 Å². The minimum absolute atomic E-state index is 0.215. The van der Waals surface area contributed by atoms with E-state index in [-0.39, 0.29) is 6.10 Å². The fraction of sp³-hybridized carbons (Fsp3) is 0.385. The second-order valence-corrected chi connectivity index (χ2v) is 4.00. The minimum Gasteiger partial charge on any atom is -0.370 e. The lowest BCUT2D eigenvalue weighted by Crippen LogP contribution is -2.20. The first kappa shape index (κ1) is 9.47. The van der Waals surface area contributed by atoms with Crippen molar-refractivity contribution in [2.24, 2.45) is 0 Å². The molecule has 2 atom stereocenters. The van der Waals surface area contributed by atoms with E-state index in [0.29, 0.717) is 6.10 Å². The smallest absolute Gasteiger partial charge is 0.0865 e. The van der Waals surface area contributed by atoms with Gasteiger partial charge in [-0.15, -0.1) is 0 Å². The van der Waals surface area contributed by atoms with Gasteiger partial charge in [0.2, 0.25) is 0 Å². The van der Waals surface area contributed by atoms with E-state index in [9.17, 15) is 0 Å². The van der Waals surface area contributed by atoms with Crippen molar-refractivity contribution in [2.75, 3.05) is 0 Å². The van der Waals surface area contributed by atoms with Crippen molar-refractivity contribution in [1.29, 1.82) is 0 Å². The molecular weight excluding hydrogens is 172 g/mol. The predicted molar refractivity (Wildman–Crippen MR) is 58.1 cm³/mol. The van der Waals surface area contributed by atoms with Gasteiger partial charge in [0.1, 0.15) is 0 Å². The van der Waals surface area contributed by atoms with Crippen LogP contribution in [0.1, 0.15) is 31.4 Å². The van der Waals surface area contributed by atoms with E-state index < -0.39 is 0 Å². The third kappa shape index (κ3) is 2.05. The van der Waals surface area contributed by atoms with Crippen molar-refractivity contribution in [3.8, 4) is 0 Å². The lowest BCUT2D eigenvalue weighted by Gasteiger charge is -2.29. The topological polar surface area (TPSA) is 9.23 Å². The molecule has 0 N–H and O–H groups in total. The molecule has 14 heavy (non-hydrogen) atoms. The molecule has 0 saturated carbocycles. The van der Waals surface area contributed by atoms with E-state index in [1.807, 2.05) is 6.07 Å². The standard InChI is InChI=1S/C13H16O/c1-10-8-11(2)14-13(9-10)12-6-4-3-5-7-12/h3-7,11,13H,1,8-9H2,2H3/t11-,13-/m0/s1. The molecule has 0 unspecified atom stereocenters. The van der Waals surface area contributed by atoms with Gasteiger partial charge in [-0.1, -0.05) is 42.5 Å². The second kappa shape index (κ2) is 3.97. The monoisotopic (exact) mass is 188 g/mol. The Hall–Kier alpha value is -1.08. The number of ether oxygens (including phenoxy) is 1. The van der Waals surface area contributed by atoms with Gasteiger partial charge in [0.25, 0.3) is 0 Å². The Bertz CT molecular complexity index is 315. The molecule has 1 aromatic rings. The molecule has 1 heterocycles. The fourth-order valence-corrected chi connectivity index (χ4v) is 1.99. The van der Waals surface area contributed by atoms with Crippen molar-refractivity contribution in [1.82, 2.24) is 0 Å². The minimum atomic E-state index is 0.215. The third-order valence-electron chi connectivity index (χ3n) is 2.62. The highest BCUT2D eigenvalue weighted by Gasteiger charge is 2.22. The van der Waals surface area contributed by atoms with Crippen molar-refractivity contribution >= 4 is 0 Å². The molecule has 2 rings (SSSR count). The Morgan fingerprint density at radius 2 is 1.93 bits per heavy atom. The van der Waals surface area contributed by atoms with Gasteiger partial charge in [-0.05, 0) is 25.3 Å². The summed E-state index contributed by atoms with van der Waals surface area (Å²) in [5, 5.41) is 0. The highest BCUT2D eigenvalue weighted by molar-refractivity contribution is 5.20. The molecule has 1 nitrogen and oxygen atoms in total. The number of benzene rings is 1. The van der Waals surface area contributed by atoms with Gasteiger partial charge >= 0.3 is 0 Å². The quantitative estimate of drug-likeness (QED) is 0.613. The molecule has 1 fully saturated rings. The van der Waals surface area contributed by atoms with Crippen LogP contribution >= 0.6 is 0 Å². The summed E-state index contributed by atoms with van der Waals surface area (Å²) in [6.07, 6.45) is 2.49. The first-order chi connectivity index (χ1) is 6.75. The zero-order chi connectivity index (χ0) is 9.97. The summed E-state index contributed by atoms with van der Waals surface area (Å²) in [5.41, 5.74) is 2.57. The molecule has 1 aliphatic rings. The molecule has 74 valence electrons. The first-order valence-corrected chi connectivity index (χ1v) is 5.13. The molecule has 1 saturated heterocycles. The average Bonchev–Trinajstić information content (AvgIpc) is 2.18. The van der Waals surface area contributed by atoms with Crippen LogP contribution in [-0.4, -0.2) is 6.10 Å². The Balaban J connectivity index is 2.15. The normalized spacial score (nSPS) is 27.6. The lowest BCUT2D eigenvalue weighted by molar-refractivity contribution is -0.0224. The Morgan fingerprint density at radius 1 is 1.21 bits per heavy atom. The molecular formula is C13H16O. The summed E-state index contributed by atoms with van der Waals surface area (Å²) < 4.78 is 5.88. The SMILES string of the molecule is C=C1C[C@@H](c2ccccc2)O[C@@H](C)C1. The Kier molecular flexibility index (Phi) is 2.69. The summed E-state index contributed by atoms with van der Waals surface area (Å²) >= 11 is 0. The third-order valence-corrected chi connectivity index (χ3v) is 2.62. The van der Waals surface area contributed by atoms with Crippen molar-refractivity contribution in [3.63, 3.8) is 0 Å². The largest absolute Gasteiger partial charge is 0.370 e. The van der Waals surface area contributed by atoms with Gasteiger partial charge in [-0.3, -0.25) is 0 Å². The van der Waals surface area contributed by atoms with Gasteiger partial charge < -0.3 is 4.74 Å². The molecule has 0 radical (unpaired) electrons. The fourth-order valence-electron chi connectivity index (χ4n) is 1.99. The van der Waals surface area contributed by atoms with Crippen LogP contribution in [0.2, 0.25) is 0 Å². The van der Waals surface area contributed by atoms with E-state index >= 15 is 0 Å². The molecule has 0 aromatic heterocycles. The predicted octanol–water partition coefficient (Wildman–Crippen LogP) is 3.48. The van der Waals surface area contributed by atoms with Crippen LogP contribution in [0.5, 0.6) is 0 Å². The van der Waals surface area contributed by atoms with Gasteiger partial charge in [0.05, 0.1) is 12.2 Å². The van der Waals surface area contributed by atoms with E-state index in [2.05, 4.69) is 37.8 Å². The van der Waals surface area contributed by atoms with E-state index in [4.69, 9.17) is 4.74 Å². The summed E-state index contributed by atoms with van der Waals surface area (Å²) in [7, 11) is 0. The van der Waals surface area contributed by atoms with Crippen LogP contribution in [-0.2, 0) is 4.74 Å². The highest BCUT2D eigenvalue weighted by Crippen LogP contribution is 2.33. The Labute approximate surface area is 85.4 Å².